The van der Waals surface area contributed by atoms with Gasteiger partial charge < -0.3 is 14.6 Å². The molecule has 1 N–H and O–H groups in total. The predicted octanol–water partition coefficient (Wildman–Crippen LogP) is 2.16. The Morgan fingerprint density at radius 2 is 2.00 bits per heavy atom. The Labute approximate surface area is 90.6 Å². The lowest BCUT2D eigenvalue weighted by Crippen LogP contribution is -2.04. The number of aliphatic hydroxyl groups excluding tert-OH is 1. The molecule has 1 aromatic rings. The van der Waals surface area contributed by atoms with E-state index in [1.165, 1.54) is 0 Å². The zero-order valence-corrected chi connectivity index (χ0v) is 9.27. The molecule has 3 heteroatoms. The number of aliphatic hydroxyl groups is 1. The molecule has 1 aromatic carbocycles. The second-order valence-corrected chi connectivity index (χ2v) is 3.41. The van der Waals surface area contributed by atoms with Crippen molar-refractivity contribution in [3.8, 4) is 5.75 Å². The molecule has 0 saturated carbocycles. The van der Waals surface area contributed by atoms with E-state index < -0.39 is 6.10 Å². The SMILES string of the molecule is COCCCOc1ccccc1[C@@H](C)O. The Balaban J connectivity index is 2.52. The van der Waals surface area contributed by atoms with E-state index in [1.807, 2.05) is 24.3 Å². The van der Waals surface area contributed by atoms with Crippen LogP contribution in [0.25, 0.3) is 0 Å². The molecule has 0 saturated heterocycles. The largest absolute Gasteiger partial charge is 0.493 e. The van der Waals surface area contributed by atoms with Gasteiger partial charge in [0, 0.05) is 25.7 Å². The van der Waals surface area contributed by atoms with Gasteiger partial charge in [-0.15, -0.1) is 0 Å². The molecule has 0 amide bonds. The van der Waals surface area contributed by atoms with Crippen molar-refractivity contribution in [3.05, 3.63) is 29.8 Å². The molecule has 0 bridgehead atoms. The van der Waals surface area contributed by atoms with Crippen molar-refractivity contribution in [3.63, 3.8) is 0 Å². The van der Waals surface area contributed by atoms with Crippen LogP contribution in [-0.4, -0.2) is 25.4 Å². The number of benzene rings is 1. The fraction of sp³-hybridized carbons (Fsp3) is 0.500. The lowest BCUT2D eigenvalue weighted by atomic mass is 10.1. The van der Waals surface area contributed by atoms with Crippen LogP contribution in [0.2, 0.25) is 0 Å². The molecule has 84 valence electrons. The van der Waals surface area contributed by atoms with E-state index in [4.69, 9.17) is 9.47 Å². The second-order valence-electron chi connectivity index (χ2n) is 3.41. The Morgan fingerprint density at radius 1 is 1.27 bits per heavy atom. The highest BCUT2D eigenvalue weighted by molar-refractivity contribution is 5.34. The first-order valence-electron chi connectivity index (χ1n) is 5.14. The maximum atomic E-state index is 9.50. The van der Waals surface area contributed by atoms with Crippen LogP contribution in [0, 0.1) is 0 Å². The van der Waals surface area contributed by atoms with Gasteiger partial charge in [-0.05, 0) is 13.0 Å². The lowest BCUT2D eigenvalue weighted by Gasteiger charge is -2.12. The van der Waals surface area contributed by atoms with Crippen molar-refractivity contribution in [1.82, 2.24) is 0 Å². The van der Waals surface area contributed by atoms with Gasteiger partial charge in [0.2, 0.25) is 0 Å². The predicted molar refractivity (Wildman–Crippen MR) is 59.1 cm³/mol. The van der Waals surface area contributed by atoms with Crippen molar-refractivity contribution in [2.24, 2.45) is 0 Å². The van der Waals surface area contributed by atoms with Crippen LogP contribution in [0.4, 0.5) is 0 Å². The summed E-state index contributed by atoms with van der Waals surface area (Å²) in [7, 11) is 1.67. The molecule has 0 fully saturated rings. The van der Waals surface area contributed by atoms with Gasteiger partial charge in [-0.3, -0.25) is 0 Å². The molecule has 0 aliphatic heterocycles. The third-order valence-electron chi connectivity index (χ3n) is 2.12. The highest BCUT2D eigenvalue weighted by atomic mass is 16.5. The molecule has 0 aliphatic carbocycles. The third kappa shape index (κ3) is 3.90. The Hall–Kier alpha value is -1.06. The zero-order valence-electron chi connectivity index (χ0n) is 9.27. The average Bonchev–Trinajstić information content (AvgIpc) is 2.25. The van der Waals surface area contributed by atoms with Crippen molar-refractivity contribution in [2.75, 3.05) is 20.3 Å². The van der Waals surface area contributed by atoms with Crippen molar-refractivity contribution < 1.29 is 14.6 Å². The monoisotopic (exact) mass is 210 g/mol. The number of para-hydroxylation sites is 1. The van der Waals surface area contributed by atoms with Gasteiger partial charge in [-0.25, -0.2) is 0 Å². The van der Waals surface area contributed by atoms with Gasteiger partial charge in [0.15, 0.2) is 0 Å². The van der Waals surface area contributed by atoms with Gasteiger partial charge in [-0.1, -0.05) is 18.2 Å². The van der Waals surface area contributed by atoms with E-state index in [9.17, 15) is 5.11 Å². The topological polar surface area (TPSA) is 38.7 Å². The molecule has 0 radical (unpaired) electrons. The second kappa shape index (κ2) is 6.43. The molecule has 0 heterocycles. The fourth-order valence-corrected chi connectivity index (χ4v) is 1.34. The van der Waals surface area contributed by atoms with Crippen LogP contribution in [0.5, 0.6) is 5.75 Å². The highest BCUT2D eigenvalue weighted by Crippen LogP contribution is 2.24. The quantitative estimate of drug-likeness (QED) is 0.731. The van der Waals surface area contributed by atoms with Gasteiger partial charge in [0.05, 0.1) is 12.7 Å². The molecule has 1 atom stereocenters. The Bertz CT molecular complexity index is 284. The average molecular weight is 210 g/mol. The molecule has 0 unspecified atom stereocenters. The van der Waals surface area contributed by atoms with Crippen LogP contribution in [0.3, 0.4) is 0 Å². The van der Waals surface area contributed by atoms with Crippen molar-refractivity contribution in [2.45, 2.75) is 19.4 Å². The first-order valence-corrected chi connectivity index (χ1v) is 5.14. The minimum atomic E-state index is -0.497. The van der Waals surface area contributed by atoms with Crippen LogP contribution in [0.15, 0.2) is 24.3 Å². The first-order chi connectivity index (χ1) is 7.25. The molecule has 0 spiro atoms. The highest BCUT2D eigenvalue weighted by Gasteiger charge is 2.07. The summed E-state index contributed by atoms with van der Waals surface area (Å²) in [5, 5.41) is 9.50. The summed E-state index contributed by atoms with van der Waals surface area (Å²) in [6.07, 6.45) is 0.355. The molecule has 15 heavy (non-hydrogen) atoms. The maximum Gasteiger partial charge on any atom is 0.125 e. The smallest absolute Gasteiger partial charge is 0.125 e. The van der Waals surface area contributed by atoms with Gasteiger partial charge >= 0.3 is 0 Å². The van der Waals surface area contributed by atoms with Crippen LogP contribution in [-0.2, 0) is 4.74 Å². The Kier molecular flexibility index (Phi) is 5.15. The first kappa shape index (κ1) is 12.0. The molecular weight excluding hydrogens is 192 g/mol. The summed E-state index contributed by atoms with van der Waals surface area (Å²) in [5.74, 6) is 0.753. The minimum Gasteiger partial charge on any atom is -0.493 e. The number of ether oxygens (including phenoxy) is 2. The zero-order chi connectivity index (χ0) is 11.1. The Morgan fingerprint density at radius 3 is 2.67 bits per heavy atom. The third-order valence-corrected chi connectivity index (χ3v) is 2.12. The molecule has 3 nitrogen and oxygen atoms in total. The van der Waals surface area contributed by atoms with Crippen LogP contribution < -0.4 is 4.74 Å². The van der Waals surface area contributed by atoms with Crippen LogP contribution >= 0.6 is 0 Å². The summed E-state index contributed by atoms with van der Waals surface area (Å²) in [6, 6.07) is 7.53. The maximum absolute atomic E-state index is 9.50. The molecular formula is C12H18O3. The van der Waals surface area contributed by atoms with Crippen molar-refractivity contribution >= 4 is 0 Å². The van der Waals surface area contributed by atoms with E-state index in [-0.39, 0.29) is 0 Å². The van der Waals surface area contributed by atoms with E-state index >= 15 is 0 Å². The summed E-state index contributed by atoms with van der Waals surface area (Å²) in [4.78, 5) is 0. The molecule has 1 rings (SSSR count). The summed E-state index contributed by atoms with van der Waals surface area (Å²) < 4.78 is 10.5. The minimum absolute atomic E-state index is 0.497. The standard InChI is InChI=1S/C12H18O3/c1-10(13)11-6-3-4-7-12(11)15-9-5-8-14-2/h3-4,6-7,10,13H,5,8-9H2,1-2H3/t10-/m1/s1. The fourth-order valence-electron chi connectivity index (χ4n) is 1.34. The van der Waals surface area contributed by atoms with E-state index in [0.717, 1.165) is 17.7 Å². The van der Waals surface area contributed by atoms with Gasteiger partial charge in [-0.2, -0.15) is 0 Å². The number of hydrogen-bond donors (Lipinski definition) is 1. The lowest BCUT2D eigenvalue weighted by molar-refractivity contribution is 0.166. The van der Waals surface area contributed by atoms with E-state index in [1.54, 1.807) is 14.0 Å². The number of hydrogen-bond acceptors (Lipinski definition) is 3. The van der Waals surface area contributed by atoms with Gasteiger partial charge in [0.25, 0.3) is 0 Å². The normalized spacial score (nSPS) is 12.5. The van der Waals surface area contributed by atoms with Gasteiger partial charge in [0.1, 0.15) is 5.75 Å². The summed E-state index contributed by atoms with van der Waals surface area (Å²) in [6.45, 7) is 3.03. The number of methoxy groups -OCH3 is 1. The number of rotatable bonds is 6. The van der Waals surface area contributed by atoms with Crippen LogP contribution in [0.1, 0.15) is 25.0 Å². The summed E-state index contributed by atoms with van der Waals surface area (Å²) >= 11 is 0. The van der Waals surface area contributed by atoms with Crippen molar-refractivity contribution in [1.29, 1.82) is 0 Å². The molecule has 0 aliphatic rings. The van der Waals surface area contributed by atoms with E-state index in [2.05, 4.69) is 0 Å². The molecule has 0 aromatic heterocycles. The summed E-state index contributed by atoms with van der Waals surface area (Å²) in [5.41, 5.74) is 0.829. The van der Waals surface area contributed by atoms with E-state index in [0.29, 0.717) is 13.2 Å².